The Morgan fingerprint density at radius 2 is 1.57 bits per heavy atom. The highest BCUT2D eigenvalue weighted by atomic mass is 28.4. The van der Waals surface area contributed by atoms with E-state index in [0.717, 1.165) is 11.3 Å². The number of carbonyl (C=O) groups is 1. The Morgan fingerprint density at radius 3 is 2.11 bits per heavy atom. The van der Waals surface area contributed by atoms with E-state index in [1.165, 1.54) is 6.08 Å². The van der Waals surface area contributed by atoms with Gasteiger partial charge in [0.05, 0.1) is 6.08 Å². The van der Waals surface area contributed by atoms with Gasteiger partial charge in [0.2, 0.25) is 5.79 Å². The van der Waals surface area contributed by atoms with Crippen LogP contribution in [-0.2, 0) is 14.3 Å². The standard InChI is InChI=1S/C23H34O4Si/c1-16(2)28(17(3)4,18(5)6)27-21-11-9-10-19(14-21)12-13-20-15-22(24)26-23(7,8)25-20/h9-18H,1-8H3/b13-12-. The van der Waals surface area contributed by atoms with E-state index in [9.17, 15) is 4.79 Å². The lowest BCUT2D eigenvalue weighted by Gasteiger charge is -2.42. The highest BCUT2D eigenvalue weighted by molar-refractivity contribution is 6.78. The number of rotatable bonds is 7. The topological polar surface area (TPSA) is 44.8 Å². The molecular formula is C23H34O4Si. The number of hydrogen-bond donors (Lipinski definition) is 0. The molecule has 1 heterocycles. The smallest absolute Gasteiger partial charge is 0.337 e. The molecule has 1 aromatic rings. The minimum atomic E-state index is -2.00. The monoisotopic (exact) mass is 402 g/mol. The molecule has 0 atom stereocenters. The first-order valence-electron chi connectivity index (χ1n) is 10.1. The molecule has 0 spiro atoms. The lowest BCUT2D eigenvalue weighted by molar-refractivity contribution is -0.203. The van der Waals surface area contributed by atoms with Gasteiger partial charge < -0.3 is 13.9 Å². The molecule has 4 nitrogen and oxygen atoms in total. The minimum absolute atomic E-state index is 0.394. The summed E-state index contributed by atoms with van der Waals surface area (Å²) in [7, 11) is -2.00. The molecule has 0 aliphatic carbocycles. The number of cyclic esters (lactones) is 1. The van der Waals surface area contributed by atoms with Crippen LogP contribution in [0.2, 0.25) is 16.6 Å². The Balaban J connectivity index is 2.26. The Bertz CT molecular complexity index is 738. The number of esters is 1. The second-order valence-corrected chi connectivity index (χ2v) is 14.2. The number of hydrogen-bond acceptors (Lipinski definition) is 4. The van der Waals surface area contributed by atoms with Crippen LogP contribution in [0.3, 0.4) is 0 Å². The van der Waals surface area contributed by atoms with Crippen molar-refractivity contribution >= 4 is 20.4 Å². The van der Waals surface area contributed by atoms with Crippen LogP contribution in [-0.4, -0.2) is 20.1 Å². The normalized spacial score (nSPS) is 17.1. The largest absolute Gasteiger partial charge is 0.543 e. The maximum Gasteiger partial charge on any atom is 0.337 e. The fourth-order valence-electron chi connectivity index (χ4n) is 4.22. The van der Waals surface area contributed by atoms with Gasteiger partial charge in [0.25, 0.3) is 8.32 Å². The van der Waals surface area contributed by atoms with Crippen molar-refractivity contribution in [2.24, 2.45) is 0 Å². The van der Waals surface area contributed by atoms with Gasteiger partial charge in [-0.05, 0) is 40.4 Å². The first-order chi connectivity index (χ1) is 13.0. The predicted octanol–water partition coefficient (Wildman–Crippen LogP) is 6.45. The molecule has 0 saturated heterocycles. The fourth-order valence-corrected chi connectivity index (χ4v) is 9.46. The zero-order valence-electron chi connectivity index (χ0n) is 18.4. The molecular weight excluding hydrogens is 368 g/mol. The van der Waals surface area contributed by atoms with Crippen molar-refractivity contribution in [2.75, 3.05) is 0 Å². The van der Waals surface area contributed by atoms with Crippen LogP contribution in [0.5, 0.6) is 5.75 Å². The van der Waals surface area contributed by atoms with E-state index in [4.69, 9.17) is 13.9 Å². The van der Waals surface area contributed by atoms with E-state index in [-0.39, 0.29) is 0 Å². The van der Waals surface area contributed by atoms with Gasteiger partial charge in [0.1, 0.15) is 11.5 Å². The van der Waals surface area contributed by atoms with Gasteiger partial charge in [-0.15, -0.1) is 0 Å². The first-order valence-corrected chi connectivity index (χ1v) is 12.2. The molecule has 2 rings (SSSR count). The van der Waals surface area contributed by atoms with Crippen molar-refractivity contribution in [3.8, 4) is 5.75 Å². The summed E-state index contributed by atoms with van der Waals surface area (Å²) in [6.45, 7) is 17.1. The Kier molecular flexibility index (Phi) is 6.81. The van der Waals surface area contributed by atoms with Gasteiger partial charge in [-0.2, -0.15) is 0 Å². The molecule has 0 bridgehead atoms. The summed E-state index contributed by atoms with van der Waals surface area (Å²) >= 11 is 0. The van der Waals surface area contributed by atoms with Crippen molar-refractivity contribution in [3.05, 3.63) is 47.7 Å². The van der Waals surface area contributed by atoms with E-state index in [0.29, 0.717) is 22.4 Å². The van der Waals surface area contributed by atoms with Crippen molar-refractivity contribution < 1.29 is 18.7 Å². The van der Waals surface area contributed by atoms with Crippen LogP contribution in [0.4, 0.5) is 0 Å². The summed E-state index contributed by atoms with van der Waals surface area (Å²) in [5, 5.41) is 0. The van der Waals surface area contributed by atoms with Gasteiger partial charge in [-0.3, -0.25) is 0 Å². The maximum atomic E-state index is 11.7. The van der Waals surface area contributed by atoms with Crippen LogP contribution < -0.4 is 4.43 Å². The molecule has 5 heteroatoms. The molecule has 0 amide bonds. The van der Waals surface area contributed by atoms with Gasteiger partial charge >= 0.3 is 5.97 Å². The summed E-state index contributed by atoms with van der Waals surface area (Å²) in [5.41, 5.74) is 2.54. The molecule has 0 saturated carbocycles. The third-order valence-electron chi connectivity index (χ3n) is 5.27. The molecule has 154 valence electrons. The molecule has 1 aliphatic rings. The van der Waals surface area contributed by atoms with E-state index < -0.39 is 20.1 Å². The fraction of sp³-hybridized carbons (Fsp3) is 0.522. The molecule has 0 radical (unpaired) electrons. The summed E-state index contributed by atoms with van der Waals surface area (Å²) in [5.74, 6) is 0.0496. The molecule has 1 aromatic carbocycles. The Hall–Kier alpha value is -2.01. The van der Waals surface area contributed by atoms with Gasteiger partial charge in [0.15, 0.2) is 0 Å². The van der Waals surface area contributed by atoms with Crippen LogP contribution in [0.1, 0.15) is 61.0 Å². The van der Waals surface area contributed by atoms with E-state index in [1.54, 1.807) is 19.9 Å². The number of carbonyl (C=O) groups excluding carboxylic acids is 1. The van der Waals surface area contributed by atoms with Crippen LogP contribution in [0.15, 0.2) is 42.2 Å². The van der Waals surface area contributed by atoms with E-state index in [2.05, 4.69) is 47.6 Å². The lowest BCUT2D eigenvalue weighted by Crippen LogP contribution is -2.50. The summed E-state index contributed by atoms with van der Waals surface area (Å²) in [6, 6.07) is 8.10. The second kappa shape index (κ2) is 8.56. The van der Waals surface area contributed by atoms with Crippen molar-refractivity contribution in [3.63, 3.8) is 0 Å². The van der Waals surface area contributed by atoms with Crippen LogP contribution >= 0.6 is 0 Å². The molecule has 0 fully saturated rings. The van der Waals surface area contributed by atoms with Crippen molar-refractivity contribution in [1.82, 2.24) is 0 Å². The molecule has 28 heavy (non-hydrogen) atoms. The highest BCUT2D eigenvalue weighted by Crippen LogP contribution is 2.42. The van der Waals surface area contributed by atoms with Gasteiger partial charge in [-0.25, -0.2) is 4.79 Å². The van der Waals surface area contributed by atoms with Crippen molar-refractivity contribution in [2.45, 2.75) is 77.8 Å². The van der Waals surface area contributed by atoms with Crippen LogP contribution in [0.25, 0.3) is 6.08 Å². The van der Waals surface area contributed by atoms with E-state index in [1.807, 2.05) is 24.3 Å². The highest BCUT2D eigenvalue weighted by Gasteiger charge is 2.46. The Labute approximate surface area is 170 Å². The zero-order valence-corrected chi connectivity index (χ0v) is 19.4. The summed E-state index contributed by atoms with van der Waals surface area (Å²) in [4.78, 5) is 11.7. The number of benzene rings is 1. The molecule has 0 N–H and O–H groups in total. The SMILES string of the molecule is CC(C)[Si](Oc1cccc(/C=C\C2=CC(=O)OC(C)(C)O2)c1)(C(C)C)C(C)C. The van der Waals surface area contributed by atoms with Gasteiger partial charge in [-0.1, -0.05) is 59.8 Å². The second-order valence-electron chi connectivity index (χ2n) is 8.80. The summed E-state index contributed by atoms with van der Waals surface area (Å²) < 4.78 is 17.5. The minimum Gasteiger partial charge on any atom is -0.543 e. The Morgan fingerprint density at radius 1 is 0.964 bits per heavy atom. The first kappa shape index (κ1) is 22.3. The average Bonchev–Trinajstić information content (AvgIpc) is 2.55. The molecule has 0 unspecified atom stereocenters. The third kappa shape index (κ3) is 5.07. The molecule has 0 aromatic heterocycles. The quantitative estimate of drug-likeness (QED) is 0.388. The maximum absolute atomic E-state index is 11.7. The predicted molar refractivity (Wildman–Crippen MR) is 116 cm³/mol. The zero-order chi connectivity index (χ0) is 21.1. The third-order valence-corrected chi connectivity index (χ3v) is 11.3. The average molecular weight is 403 g/mol. The van der Waals surface area contributed by atoms with Gasteiger partial charge in [0, 0.05) is 13.8 Å². The number of ether oxygens (including phenoxy) is 2. The van der Waals surface area contributed by atoms with Crippen LogP contribution in [0, 0.1) is 0 Å². The molecule has 1 aliphatic heterocycles. The summed E-state index contributed by atoms with van der Waals surface area (Å²) in [6.07, 6.45) is 5.08. The van der Waals surface area contributed by atoms with Crippen molar-refractivity contribution in [1.29, 1.82) is 0 Å². The lowest BCUT2D eigenvalue weighted by atomic mass is 10.2. The number of allylic oxidation sites excluding steroid dienone is 1. The van der Waals surface area contributed by atoms with E-state index >= 15 is 0 Å².